The molecule has 4 aromatic rings. The lowest BCUT2D eigenvalue weighted by molar-refractivity contribution is 0.0735. The maximum atomic E-state index is 12.6. The summed E-state index contributed by atoms with van der Waals surface area (Å²) in [4.78, 5) is 19.2. The Hall–Kier alpha value is -3.34. The minimum absolute atomic E-state index is 0.357. The van der Waals surface area contributed by atoms with E-state index in [2.05, 4.69) is 23.7 Å². The average molecular weight is 360 g/mol. The van der Waals surface area contributed by atoms with E-state index in [9.17, 15) is 4.79 Å². The van der Waals surface area contributed by atoms with E-state index in [1.807, 2.05) is 37.5 Å². The first-order chi connectivity index (χ1) is 13.0. The third kappa shape index (κ3) is 3.36. The molecule has 0 radical (unpaired) electrons. The van der Waals surface area contributed by atoms with Crippen molar-refractivity contribution >= 4 is 33.5 Å². The summed E-state index contributed by atoms with van der Waals surface area (Å²) < 4.78 is 10.8. The van der Waals surface area contributed by atoms with E-state index in [0.29, 0.717) is 17.4 Å². The van der Waals surface area contributed by atoms with Gasteiger partial charge in [-0.2, -0.15) is 0 Å². The van der Waals surface area contributed by atoms with Crippen LogP contribution in [0.3, 0.4) is 0 Å². The number of hydrogen-bond acceptors (Lipinski definition) is 5. The molecule has 27 heavy (non-hydrogen) atoms. The Morgan fingerprint density at radius 1 is 1.07 bits per heavy atom. The zero-order chi connectivity index (χ0) is 19.0. The number of hydrogen-bond donors (Lipinski definition) is 0. The Balaban J connectivity index is 1.62. The Bertz CT molecular complexity index is 1130. The van der Waals surface area contributed by atoms with Crippen LogP contribution in [0.25, 0.3) is 21.9 Å². The van der Waals surface area contributed by atoms with Crippen LogP contribution < -0.4 is 9.64 Å². The number of rotatable bonds is 4. The van der Waals surface area contributed by atoms with E-state index >= 15 is 0 Å². The zero-order valence-corrected chi connectivity index (χ0v) is 15.5. The van der Waals surface area contributed by atoms with Gasteiger partial charge in [-0.05, 0) is 62.4 Å². The lowest BCUT2D eigenvalue weighted by atomic mass is 10.1. The minimum atomic E-state index is -0.401. The highest BCUT2D eigenvalue weighted by molar-refractivity contribution is 5.96. The number of nitrogens with zero attached hydrogens (tertiary/aromatic N) is 2. The summed E-state index contributed by atoms with van der Waals surface area (Å²) in [5.41, 5.74) is 3.09. The predicted molar refractivity (Wildman–Crippen MR) is 106 cm³/mol. The molecule has 0 bridgehead atoms. The summed E-state index contributed by atoms with van der Waals surface area (Å²) in [7, 11) is 2.03. The van der Waals surface area contributed by atoms with Crippen molar-refractivity contribution in [3.8, 4) is 5.75 Å². The van der Waals surface area contributed by atoms with Gasteiger partial charge < -0.3 is 14.1 Å². The largest absolute Gasteiger partial charge is 0.464 e. The normalized spacial score (nSPS) is 11.3. The number of carbonyl (C=O) groups excluding carboxylic acids is 1. The third-order valence-corrected chi connectivity index (χ3v) is 4.72. The van der Waals surface area contributed by atoms with Crippen LogP contribution in [-0.2, 0) is 0 Å². The molecule has 5 nitrogen and oxygen atoms in total. The molecule has 0 spiro atoms. The number of carbonyl (C=O) groups is 1. The van der Waals surface area contributed by atoms with E-state index in [4.69, 9.17) is 9.15 Å². The van der Waals surface area contributed by atoms with Crippen molar-refractivity contribution in [2.45, 2.75) is 19.9 Å². The topological polar surface area (TPSA) is 55.6 Å². The van der Waals surface area contributed by atoms with Gasteiger partial charge in [0.2, 0.25) is 0 Å². The summed E-state index contributed by atoms with van der Waals surface area (Å²) in [6.45, 7) is 4.24. The van der Waals surface area contributed by atoms with Crippen molar-refractivity contribution in [3.63, 3.8) is 0 Å². The molecule has 4 rings (SSSR count). The first-order valence-electron chi connectivity index (χ1n) is 8.83. The fourth-order valence-corrected chi connectivity index (χ4v) is 2.91. The highest BCUT2D eigenvalue weighted by Gasteiger charge is 2.12. The summed E-state index contributed by atoms with van der Waals surface area (Å²) in [6, 6.07) is 14.9. The van der Waals surface area contributed by atoms with Gasteiger partial charge in [-0.15, -0.1) is 0 Å². The molecule has 5 heteroatoms. The monoisotopic (exact) mass is 360 g/mol. The van der Waals surface area contributed by atoms with Crippen LogP contribution >= 0.6 is 0 Å². The van der Waals surface area contributed by atoms with E-state index in [0.717, 1.165) is 27.6 Å². The fourth-order valence-electron chi connectivity index (χ4n) is 2.91. The quantitative estimate of drug-likeness (QED) is 0.377. The van der Waals surface area contributed by atoms with Crippen molar-refractivity contribution in [1.29, 1.82) is 0 Å². The van der Waals surface area contributed by atoms with Gasteiger partial charge in [0.15, 0.2) is 0 Å². The fraction of sp³-hybridized carbons (Fsp3) is 0.182. The van der Waals surface area contributed by atoms with Crippen molar-refractivity contribution in [2.24, 2.45) is 0 Å². The van der Waals surface area contributed by atoms with Crippen LogP contribution in [0, 0.1) is 0 Å². The number of furan rings is 1. The zero-order valence-electron chi connectivity index (χ0n) is 15.5. The van der Waals surface area contributed by atoms with Gasteiger partial charge in [0.1, 0.15) is 11.3 Å². The van der Waals surface area contributed by atoms with Gasteiger partial charge in [-0.3, -0.25) is 4.98 Å². The van der Waals surface area contributed by atoms with Gasteiger partial charge >= 0.3 is 5.97 Å². The molecule has 0 saturated carbocycles. The number of fused-ring (bicyclic) bond motifs is 2. The number of esters is 1. The SMILES string of the molecule is CC(C)N(C)c1cnc2ccc(C(=O)Oc3ccc4occc4c3)cc2c1. The smallest absolute Gasteiger partial charge is 0.343 e. The van der Waals surface area contributed by atoms with Gasteiger partial charge in [-0.25, -0.2) is 4.79 Å². The molecule has 0 atom stereocenters. The molecule has 0 aliphatic carbocycles. The Morgan fingerprint density at radius 3 is 2.74 bits per heavy atom. The summed E-state index contributed by atoms with van der Waals surface area (Å²) in [5, 5.41) is 1.80. The number of aromatic nitrogens is 1. The van der Waals surface area contributed by atoms with Gasteiger partial charge in [0.25, 0.3) is 0 Å². The number of benzene rings is 2. The number of pyridine rings is 1. The summed E-state index contributed by atoms with van der Waals surface area (Å²) in [6.07, 6.45) is 3.46. The molecule has 0 saturated heterocycles. The Labute approximate surface area is 157 Å². The Morgan fingerprint density at radius 2 is 1.93 bits per heavy atom. The number of anilines is 1. The third-order valence-electron chi connectivity index (χ3n) is 4.72. The maximum Gasteiger partial charge on any atom is 0.343 e. The van der Waals surface area contributed by atoms with Crippen molar-refractivity contribution in [3.05, 3.63) is 66.6 Å². The van der Waals surface area contributed by atoms with Gasteiger partial charge in [0.05, 0.1) is 29.2 Å². The molecule has 2 aromatic heterocycles. The highest BCUT2D eigenvalue weighted by Crippen LogP contribution is 2.24. The second-order valence-corrected chi connectivity index (χ2v) is 6.82. The molecule has 0 fully saturated rings. The van der Waals surface area contributed by atoms with E-state index in [1.54, 1.807) is 30.5 Å². The average Bonchev–Trinajstić information content (AvgIpc) is 3.14. The van der Waals surface area contributed by atoms with Crippen molar-refractivity contribution < 1.29 is 13.9 Å². The first-order valence-corrected chi connectivity index (χ1v) is 8.83. The second kappa shape index (κ2) is 6.76. The molecule has 0 N–H and O–H groups in total. The predicted octanol–water partition coefficient (Wildman–Crippen LogP) is 5.04. The van der Waals surface area contributed by atoms with E-state index in [-0.39, 0.29) is 0 Å². The lowest BCUT2D eigenvalue weighted by Gasteiger charge is -2.23. The summed E-state index contributed by atoms with van der Waals surface area (Å²) >= 11 is 0. The molecule has 136 valence electrons. The first kappa shape index (κ1) is 17.1. The van der Waals surface area contributed by atoms with Crippen molar-refractivity contribution in [2.75, 3.05) is 11.9 Å². The summed E-state index contributed by atoms with van der Waals surface area (Å²) in [5.74, 6) is 0.0859. The molecule has 0 aliphatic heterocycles. The highest BCUT2D eigenvalue weighted by atomic mass is 16.5. The van der Waals surface area contributed by atoms with Crippen LogP contribution in [0.5, 0.6) is 5.75 Å². The molecular formula is C22H20N2O3. The molecule has 2 aromatic carbocycles. The second-order valence-electron chi connectivity index (χ2n) is 6.82. The van der Waals surface area contributed by atoms with E-state index in [1.165, 1.54) is 0 Å². The van der Waals surface area contributed by atoms with Gasteiger partial charge in [0, 0.05) is 23.9 Å². The minimum Gasteiger partial charge on any atom is -0.464 e. The standard InChI is InChI=1S/C22H20N2O3/c1-14(2)24(3)18-11-17-10-16(4-6-20(17)23-13-18)22(25)27-19-5-7-21-15(12-19)8-9-26-21/h4-14H,1-3H3. The van der Waals surface area contributed by atoms with Crippen LogP contribution in [0.1, 0.15) is 24.2 Å². The van der Waals surface area contributed by atoms with Crippen LogP contribution in [-0.4, -0.2) is 24.0 Å². The molecular weight excluding hydrogens is 340 g/mol. The van der Waals surface area contributed by atoms with Crippen LogP contribution in [0.2, 0.25) is 0 Å². The number of ether oxygens (including phenoxy) is 1. The van der Waals surface area contributed by atoms with Crippen LogP contribution in [0.4, 0.5) is 5.69 Å². The molecule has 0 unspecified atom stereocenters. The van der Waals surface area contributed by atoms with Gasteiger partial charge in [-0.1, -0.05) is 0 Å². The maximum absolute atomic E-state index is 12.6. The molecule has 2 heterocycles. The van der Waals surface area contributed by atoms with E-state index < -0.39 is 5.97 Å². The molecule has 0 aliphatic rings. The molecule has 0 amide bonds. The Kier molecular flexibility index (Phi) is 4.28. The van der Waals surface area contributed by atoms with Crippen LogP contribution in [0.15, 0.2) is 65.4 Å². The van der Waals surface area contributed by atoms with Crippen molar-refractivity contribution in [1.82, 2.24) is 4.98 Å². The lowest BCUT2D eigenvalue weighted by Crippen LogP contribution is -2.25.